The molecule has 0 saturated heterocycles. The first-order valence-corrected chi connectivity index (χ1v) is 10.1. The fraction of sp³-hybridized carbons (Fsp3) is 0.261. The lowest BCUT2D eigenvalue weighted by molar-refractivity contribution is -0.121. The number of nitrogens with one attached hydrogen (secondary N) is 1. The molecule has 0 radical (unpaired) electrons. The minimum Gasteiger partial charge on any atom is -0.352 e. The summed E-state index contributed by atoms with van der Waals surface area (Å²) in [5.41, 5.74) is 3.90. The van der Waals surface area contributed by atoms with E-state index in [9.17, 15) is 9.59 Å². The number of aryl methyl sites for hydroxylation is 2. The summed E-state index contributed by atoms with van der Waals surface area (Å²) >= 11 is 0. The summed E-state index contributed by atoms with van der Waals surface area (Å²) in [4.78, 5) is 29.3. The Balaban J connectivity index is 1.41. The van der Waals surface area contributed by atoms with Crippen molar-refractivity contribution in [2.45, 2.75) is 39.5 Å². The van der Waals surface area contributed by atoms with Gasteiger partial charge in [-0.3, -0.25) is 13.9 Å². The van der Waals surface area contributed by atoms with Crippen LogP contribution in [0.25, 0.3) is 11.0 Å². The Hall–Kier alpha value is -3.61. The molecule has 0 aliphatic rings. The molecule has 0 saturated carbocycles. The summed E-state index contributed by atoms with van der Waals surface area (Å²) in [6, 6.07) is 15.7. The molecule has 0 spiro atoms. The van der Waals surface area contributed by atoms with Gasteiger partial charge >= 0.3 is 5.69 Å². The molecule has 0 fully saturated rings. The first-order valence-electron chi connectivity index (χ1n) is 10.1. The summed E-state index contributed by atoms with van der Waals surface area (Å²) in [6.07, 6.45) is 5.70. The normalized spacial score (nSPS) is 11.1. The van der Waals surface area contributed by atoms with Gasteiger partial charge in [-0.15, -0.1) is 0 Å². The Morgan fingerprint density at radius 1 is 1.00 bits per heavy atom. The topological polar surface area (TPSA) is 73.8 Å². The van der Waals surface area contributed by atoms with E-state index in [0.29, 0.717) is 26.2 Å². The van der Waals surface area contributed by atoms with E-state index in [1.807, 2.05) is 60.2 Å². The molecule has 0 bridgehead atoms. The lowest BCUT2D eigenvalue weighted by Crippen LogP contribution is -2.28. The van der Waals surface area contributed by atoms with Crippen molar-refractivity contribution in [1.82, 2.24) is 24.0 Å². The number of hydrogen-bond donors (Lipinski definition) is 1. The van der Waals surface area contributed by atoms with Gasteiger partial charge in [0, 0.05) is 45.0 Å². The molecule has 0 aliphatic heterocycles. The van der Waals surface area contributed by atoms with Gasteiger partial charge in [0.05, 0.1) is 17.4 Å². The van der Waals surface area contributed by atoms with Gasteiger partial charge in [-0.25, -0.2) is 9.78 Å². The number of benzene rings is 2. The molecule has 4 aromatic rings. The molecule has 2 heterocycles. The number of hydrogen-bond acceptors (Lipinski definition) is 3. The van der Waals surface area contributed by atoms with Crippen molar-refractivity contribution in [2.24, 2.45) is 0 Å². The van der Waals surface area contributed by atoms with Crippen LogP contribution in [0.1, 0.15) is 24.5 Å². The largest absolute Gasteiger partial charge is 0.352 e. The Morgan fingerprint density at radius 3 is 2.40 bits per heavy atom. The SMILES string of the molecule is CCn1c(=O)n(CCC(=O)NCc2ccccc2Cn2ccnc2)c2ccccc21. The zero-order chi connectivity index (χ0) is 20.9. The average molecular weight is 403 g/mol. The smallest absolute Gasteiger partial charge is 0.329 e. The Labute approximate surface area is 174 Å². The maximum Gasteiger partial charge on any atom is 0.329 e. The average Bonchev–Trinajstić information content (AvgIpc) is 3.37. The van der Waals surface area contributed by atoms with Crippen LogP contribution in [0.5, 0.6) is 0 Å². The highest BCUT2D eigenvalue weighted by molar-refractivity contribution is 5.78. The van der Waals surface area contributed by atoms with Crippen molar-refractivity contribution in [3.63, 3.8) is 0 Å². The summed E-state index contributed by atoms with van der Waals surface area (Å²) in [7, 11) is 0. The van der Waals surface area contributed by atoms with Crippen LogP contribution in [0.4, 0.5) is 0 Å². The number of aromatic nitrogens is 4. The van der Waals surface area contributed by atoms with Crippen LogP contribution in [-0.2, 0) is 31.0 Å². The highest BCUT2D eigenvalue weighted by atomic mass is 16.2. The van der Waals surface area contributed by atoms with Gasteiger partial charge < -0.3 is 9.88 Å². The predicted molar refractivity (Wildman–Crippen MR) is 116 cm³/mol. The monoisotopic (exact) mass is 403 g/mol. The standard InChI is InChI=1S/C23H25N5O2/c1-2-27-20-9-5-6-10-21(20)28(23(27)30)13-11-22(29)25-15-18-7-3-4-8-19(18)16-26-14-12-24-17-26/h3-10,12,14,17H,2,11,13,15-16H2,1H3,(H,25,29). The van der Waals surface area contributed by atoms with Gasteiger partial charge in [0.2, 0.25) is 5.91 Å². The molecule has 2 aromatic carbocycles. The Bertz CT molecular complexity index is 1200. The number of para-hydroxylation sites is 2. The Morgan fingerprint density at radius 2 is 1.70 bits per heavy atom. The first-order chi connectivity index (χ1) is 14.7. The summed E-state index contributed by atoms with van der Waals surface area (Å²) < 4.78 is 5.42. The minimum absolute atomic E-state index is 0.0721. The van der Waals surface area contributed by atoms with Gasteiger partial charge in [0.1, 0.15) is 0 Å². The second-order valence-electron chi connectivity index (χ2n) is 7.20. The van der Waals surface area contributed by atoms with Gasteiger partial charge in [-0.1, -0.05) is 36.4 Å². The molecular weight excluding hydrogens is 378 g/mol. The summed E-state index contributed by atoms with van der Waals surface area (Å²) in [5, 5.41) is 2.99. The molecule has 1 N–H and O–H groups in total. The molecule has 4 rings (SSSR count). The summed E-state index contributed by atoms with van der Waals surface area (Å²) in [6.45, 7) is 4.07. The van der Waals surface area contributed by atoms with Gasteiger partial charge in [0.25, 0.3) is 0 Å². The van der Waals surface area contributed by atoms with E-state index in [2.05, 4.69) is 16.4 Å². The third-order valence-corrected chi connectivity index (χ3v) is 5.31. The van der Waals surface area contributed by atoms with Crippen LogP contribution in [0.15, 0.2) is 72.0 Å². The molecule has 2 aromatic heterocycles. The van der Waals surface area contributed by atoms with Crippen LogP contribution in [0.2, 0.25) is 0 Å². The van der Waals surface area contributed by atoms with Crippen molar-refractivity contribution in [1.29, 1.82) is 0 Å². The lowest BCUT2D eigenvalue weighted by atomic mass is 10.1. The van der Waals surface area contributed by atoms with Crippen LogP contribution < -0.4 is 11.0 Å². The third kappa shape index (κ3) is 4.05. The van der Waals surface area contributed by atoms with Crippen molar-refractivity contribution >= 4 is 16.9 Å². The number of carbonyl (C=O) groups excluding carboxylic acids is 1. The number of imidazole rings is 2. The molecule has 0 atom stereocenters. The number of fused-ring (bicyclic) bond motifs is 1. The van der Waals surface area contributed by atoms with Crippen molar-refractivity contribution in [2.75, 3.05) is 0 Å². The second-order valence-corrected chi connectivity index (χ2v) is 7.20. The van der Waals surface area contributed by atoms with Gasteiger partial charge in [-0.2, -0.15) is 0 Å². The zero-order valence-electron chi connectivity index (χ0n) is 17.0. The van der Waals surface area contributed by atoms with Gasteiger partial charge in [0.15, 0.2) is 0 Å². The van der Waals surface area contributed by atoms with E-state index in [0.717, 1.165) is 22.2 Å². The van der Waals surface area contributed by atoms with Crippen LogP contribution in [0.3, 0.4) is 0 Å². The van der Waals surface area contributed by atoms with Crippen molar-refractivity contribution in [3.8, 4) is 0 Å². The van der Waals surface area contributed by atoms with Crippen molar-refractivity contribution in [3.05, 3.63) is 88.9 Å². The molecule has 7 nitrogen and oxygen atoms in total. The highest BCUT2D eigenvalue weighted by Crippen LogP contribution is 2.13. The minimum atomic E-state index is -0.0762. The maximum atomic E-state index is 12.7. The molecule has 30 heavy (non-hydrogen) atoms. The molecule has 7 heteroatoms. The third-order valence-electron chi connectivity index (χ3n) is 5.31. The fourth-order valence-electron chi connectivity index (χ4n) is 3.75. The lowest BCUT2D eigenvalue weighted by Gasteiger charge is -2.11. The number of nitrogens with zero attached hydrogens (tertiary/aromatic N) is 4. The van der Waals surface area contributed by atoms with E-state index in [1.165, 1.54) is 0 Å². The number of carbonyl (C=O) groups is 1. The van der Waals surface area contributed by atoms with E-state index >= 15 is 0 Å². The predicted octanol–water partition coefficient (Wildman–Crippen LogP) is 2.77. The van der Waals surface area contributed by atoms with E-state index in [-0.39, 0.29) is 18.0 Å². The van der Waals surface area contributed by atoms with Crippen LogP contribution in [-0.4, -0.2) is 24.6 Å². The van der Waals surface area contributed by atoms with Crippen molar-refractivity contribution < 1.29 is 4.79 Å². The van der Waals surface area contributed by atoms with Crippen LogP contribution in [0, 0.1) is 0 Å². The van der Waals surface area contributed by atoms with Gasteiger partial charge in [-0.05, 0) is 30.2 Å². The van der Waals surface area contributed by atoms with E-state index < -0.39 is 0 Å². The van der Waals surface area contributed by atoms with E-state index in [1.54, 1.807) is 21.7 Å². The molecule has 1 amide bonds. The highest BCUT2D eigenvalue weighted by Gasteiger charge is 2.13. The van der Waals surface area contributed by atoms with Crippen LogP contribution >= 0.6 is 0 Å². The summed E-state index contributed by atoms with van der Waals surface area (Å²) in [5.74, 6) is -0.0762. The first kappa shape index (κ1) is 19.7. The second kappa shape index (κ2) is 8.82. The zero-order valence-corrected chi connectivity index (χ0v) is 17.0. The molecule has 0 aliphatic carbocycles. The molecular formula is C23H25N5O2. The quantitative estimate of drug-likeness (QED) is 0.492. The number of amides is 1. The van der Waals surface area contributed by atoms with E-state index in [4.69, 9.17) is 0 Å². The fourth-order valence-corrected chi connectivity index (χ4v) is 3.75. The number of rotatable bonds is 8. The molecule has 154 valence electrons. The molecule has 0 unspecified atom stereocenters. The maximum absolute atomic E-state index is 12.7. The Kier molecular flexibility index (Phi) is 5.79.